The Morgan fingerprint density at radius 3 is 0.565 bits per heavy atom. The van der Waals surface area contributed by atoms with Crippen LogP contribution in [0.25, 0.3) is 0 Å². The minimum atomic E-state index is -0.278. The molecule has 0 bridgehead atoms. The van der Waals surface area contributed by atoms with Gasteiger partial charge in [0.1, 0.15) is 0 Å². The molecule has 5 heteroatoms. The van der Waals surface area contributed by atoms with E-state index in [0.717, 1.165) is 0 Å². The summed E-state index contributed by atoms with van der Waals surface area (Å²) in [4.78, 5) is -0.278. The molecule has 0 saturated carbocycles. The van der Waals surface area contributed by atoms with E-state index < -0.39 is 0 Å². The molecule has 0 aliphatic carbocycles. The first kappa shape index (κ1) is 32.3. The first-order valence-corrected chi connectivity index (χ1v) is 22.5. The summed E-state index contributed by atoms with van der Waals surface area (Å²) in [5.74, 6) is 0. The van der Waals surface area contributed by atoms with E-state index in [2.05, 4.69) is 59.9 Å². The van der Waals surface area contributed by atoms with Crippen molar-refractivity contribution >= 4 is 71.7 Å². The van der Waals surface area contributed by atoms with Crippen molar-refractivity contribution < 1.29 is 4.92 Å². The van der Waals surface area contributed by atoms with E-state index in [1.165, 1.54) is 0 Å². The molecule has 0 aliphatic heterocycles. The van der Waals surface area contributed by atoms with Gasteiger partial charge in [0.15, 0.2) is 0 Å². The summed E-state index contributed by atoms with van der Waals surface area (Å²) in [7, 11) is 0. The van der Waals surface area contributed by atoms with Crippen LogP contribution in [-0.4, -0.2) is 12.5 Å². The number of thioether (sulfide) groups is 1. The summed E-state index contributed by atoms with van der Waals surface area (Å²) in [5, 5.41) is 0. The van der Waals surface area contributed by atoms with Gasteiger partial charge in [-0.1, -0.05) is 100 Å². The average Bonchev–Trinajstić information content (AvgIpc) is 2.62. The molecular weight excluding hydrogens is 680 g/mol. The van der Waals surface area contributed by atoms with Crippen LogP contribution in [-0.2, 0) is 4.92 Å². The van der Waals surface area contributed by atoms with Gasteiger partial charge >= 0.3 is 64.9 Å². The van der Waals surface area contributed by atoms with Gasteiger partial charge in [-0.2, -0.15) is 11.8 Å². The molecule has 0 heterocycles. The van der Waals surface area contributed by atoms with Crippen molar-refractivity contribution in [3.05, 3.63) is 72.8 Å². The Morgan fingerprint density at radius 2 is 0.522 bits per heavy atom. The van der Waals surface area contributed by atoms with Crippen LogP contribution in [0.1, 0.15) is 27.7 Å². The van der Waals surface area contributed by atoms with Crippen LogP contribution in [0.4, 0.5) is 0 Å². The molecule has 0 fully saturated rings. The molecule has 2 aromatic carbocycles. The second-order valence-electron chi connectivity index (χ2n) is 2.91. The van der Waals surface area contributed by atoms with Crippen molar-refractivity contribution in [3.63, 3.8) is 0 Å². The second kappa shape index (κ2) is 38.9. The fourth-order valence-corrected chi connectivity index (χ4v) is 0.770. The van der Waals surface area contributed by atoms with E-state index in [4.69, 9.17) is 0 Å². The minimum Gasteiger partial charge on any atom is -0.0623 e. The molecule has 0 radical (unpaired) electrons. The first-order valence-electron chi connectivity index (χ1n) is 7.32. The summed E-state index contributed by atoms with van der Waals surface area (Å²) in [5.41, 5.74) is 0. The molecule has 0 aromatic heterocycles. The van der Waals surface area contributed by atoms with Crippen LogP contribution in [0, 0.1) is 0 Å². The zero-order valence-electron chi connectivity index (χ0n) is 14.9. The van der Waals surface area contributed by atoms with Crippen molar-refractivity contribution in [1.82, 2.24) is 0 Å². The Bertz CT molecular complexity index is 247. The Morgan fingerprint density at radius 1 is 0.478 bits per heavy atom. The van der Waals surface area contributed by atoms with Crippen LogP contribution in [0.3, 0.4) is 0 Å². The van der Waals surface area contributed by atoms with E-state index in [0.29, 0.717) is 0 Å². The zero-order chi connectivity index (χ0) is 18.8. The maximum absolute atomic E-state index is 2.46. The minimum absolute atomic E-state index is 0.278. The van der Waals surface area contributed by atoms with Gasteiger partial charge in [0.05, 0.1) is 0 Å². The monoisotopic (exact) mass is 710 g/mol. The molecule has 0 spiro atoms. The van der Waals surface area contributed by atoms with Gasteiger partial charge in [-0.3, -0.25) is 0 Å². The molecule has 0 unspecified atom stereocenters. The van der Waals surface area contributed by atoms with Gasteiger partial charge in [-0.15, -0.1) is 0 Å². The third-order valence-electron chi connectivity index (χ3n) is 1.33. The predicted octanol–water partition coefficient (Wildman–Crippen LogP) is 9.06. The Hall–Kier alpha value is 1.56. The van der Waals surface area contributed by atoms with Gasteiger partial charge < -0.3 is 0 Å². The Labute approximate surface area is 187 Å². The molecular formula is C18H30I3SV. The molecule has 2 rings (SSSR count). The Kier molecular flexibility index (Phi) is 54.5. The fourth-order valence-electron chi connectivity index (χ4n) is 0.770. The maximum Gasteiger partial charge on any atom is -0.0623 e. The predicted molar refractivity (Wildman–Crippen MR) is 137 cm³/mol. The fraction of sp³-hybridized carbons (Fsp3) is 0.333. The van der Waals surface area contributed by atoms with Gasteiger partial charge in [0.25, 0.3) is 0 Å². The molecule has 0 nitrogen and oxygen atoms in total. The summed E-state index contributed by atoms with van der Waals surface area (Å²) in [6, 6.07) is 24.0. The molecule has 23 heavy (non-hydrogen) atoms. The summed E-state index contributed by atoms with van der Waals surface area (Å²) in [6.45, 7) is 8.00. The normalized spacial score (nSPS) is 7.04. The van der Waals surface area contributed by atoms with E-state index in [9.17, 15) is 0 Å². The molecule has 0 N–H and O–H groups in total. The molecule has 0 atom stereocenters. The molecule has 0 saturated heterocycles. The standard InChI is InChI=1S/2C6H6.C2H6S.2C2H6.3HI.V/c2*1-2-4-6-5-3-1;1-3-2;2*1-2;;;;/h2*1-6H;1-2H3;2*1-2H3;3*1H;/q;;;;;;;;+3/p-3. The van der Waals surface area contributed by atoms with Crippen LogP contribution in [0.2, 0.25) is 0 Å². The third-order valence-corrected chi connectivity index (χ3v) is 1.33. The van der Waals surface area contributed by atoms with Gasteiger partial charge in [0, 0.05) is 0 Å². The van der Waals surface area contributed by atoms with Crippen LogP contribution >= 0.6 is 71.7 Å². The van der Waals surface area contributed by atoms with Gasteiger partial charge in [-0.25, -0.2) is 0 Å². The van der Waals surface area contributed by atoms with Gasteiger partial charge in [-0.05, 0) is 12.5 Å². The number of benzene rings is 2. The quantitative estimate of drug-likeness (QED) is 0.246. The molecule has 2 aromatic rings. The number of halogens is 3. The van der Waals surface area contributed by atoms with Crippen molar-refractivity contribution in [2.45, 2.75) is 27.7 Å². The van der Waals surface area contributed by atoms with Crippen LogP contribution < -0.4 is 0 Å². The topological polar surface area (TPSA) is 0 Å². The average molecular weight is 710 g/mol. The number of hydrogen-bond donors (Lipinski definition) is 0. The third kappa shape index (κ3) is 59.6. The van der Waals surface area contributed by atoms with E-state index in [1.54, 1.807) is 11.8 Å². The second-order valence-corrected chi connectivity index (χ2v) is 39.1. The SMILES string of the molecule is CC.CC.CSC.[I][V]([I])[I].c1ccccc1.c1ccccc1. The summed E-state index contributed by atoms with van der Waals surface area (Å²) in [6.07, 6.45) is 4.08. The molecule has 0 amide bonds. The number of rotatable bonds is 0. The van der Waals surface area contributed by atoms with Crippen LogP contribution in [0.5, 0.6) is 0 Å². The molecule has 0 aliphatic rings. The maximum atomic E-state index is 2.46. The van der Waals surface area contributed by atoms with Crippen molar-refractivity contribution in [2.24, 2.45) is 0 Å². The Balaban J connectivity index is -0.000000101. The zero-order valence-corrected chi connectivity index (χ0v) is 23.6. The van der Waals surface area contributed by atoms with Crippen molar-refractivity contribution in [3.8, 4) is 0 Å². The van der Waals surface area contributed by atoms with Crippen LogP contribution in [0.15, 0.2) is 72.8 Å². The van der Waals surface area contributed by atoms with Crippen molar-refractivity contribution in [2.75, 3.05) is 12.5 Å². The largest absolute Gasteiger partial charge is 0.0623 e. The van der Waals surface area contributed by atoms with E-state index in [-0.39, 0.29) is 4.92 Å². The summed E-state index contributed by atoms with van der Waals surface area (Å²) >= 11 is 9.14. The van der Waals surface area contributed by atoms with E-state index in [1.807, 2.05) is 113 Å². The smallest absolute Gasteiger partial charge is 0.0623 e. The molecule has 134 valence electrons. The summed E-state index contributed by atoms with van der Waals surface area (Å²) < 4.78 is 0. The van der Waals surface area contributed by atoms with Gasteiger partial charge in [0.2, 0.25) is 0 Å². The first-order chi connectivity index (χ1) is 11.1. The number of hydrogen-bond acceptors (Lipinski definition) is 1. The van der Waals surface area contributed by atoms with E-state index >= 15 is 0 Å². The van der Waals surface area contributed by atoms with Crippen molar-refractivity contribution in [1.29, 1.82) is 0 Å².